The fourth-order valence-corrected chi connectivity index (χ4v) is 2.66. The van der Waals surface area contributed by atoms with Crippen LogP contribution in [0.25, 0.3) is 10.6 Å². The summed E-state index contributed by atoms with van der Waals surface area (Å²) in [6, 6.07) is 4.26. The number of methoxy groups -OCH3 is 1. The molecule has 18 heavy (non-hydrogen) atoms. The molecule has 2 aromatic rings. The fourth-order valence-electron chi connectivity index (χ4n) is 1.79. The van der Waals surface area contributed by atoms with Gasteiger partial charge in [0.1, 0.15) is 5.01 Å². The molecule has 0 spiro atoms. The maximum Gasteiger partial charge on any atom is 0.357 e. The van der Waals surface area contributed by atoms with Gasteiger partial charge in [-0.25, -0.2) is 9.78 Å². The highest BCUT2D eigenvalue weighted by atomic mass is 32.1. The zero-order valence-corrected chi connectivity index (χ0v) is 11.7. The molecular formula is C14H15NO2S. The minimum Gasteiger partial charge on any atom is -0.464 e. The maximum atomic E-state index is 11.4. The van der Waals surface area contributed by atoms with Gasteiger partial charge in [-0.15, -0.1) is 11.3 Å². The molecule has 0 aliphatic rings. The van der Waals surface area contributed by atoms with Crippen LogP contribution in [0.5, 0.6) is 0 Å². The summed E-state index contributed by atoms with van der Waals surface area (Å²) in [5.41, 5.74) is 5.11. The summed E-state index contributed by atoms with van der Waals surface area (Å²) in [5, 5.41) is 2.59. The predicted octanol–water partition coefficient (Wildman–Crippen LogP) is 3.52. The second kappa shape index (κ2) is 4.90. The Morgan fingerprint density at radius 2 is 1.83 bits per heavy atom. The fraction of sp³-hybridized carbons (Fsp3) is 0.286. The first-order valence-corrected chi connectivity index (χ1v) is 6.53. The van der Waals surface area contributed by atoms with Crippen LogP contribution in [0.3, 0.4) is 0 Å². The van der Waals surface area contributed by atoms with Gasteiger partial charge in [-0.2, -0.15) is 0 Å². The lowest BCUT2D eigenvalue weighted by molar-refractivity contribution is 0.0595. The molecule has 2 rings (SSSR count). The molecule has 0 fully saturated rings. The van der Waals surface area contributed by atoms with Crippen molar-refractivity contribution >= 4 is 17.3 Å². The SMILES string of the molecule is COC(=O)c1csc(-c2cc(C)c(C)cc2C)n1. The Balaban J connectivity index is 2.46. The number of hydrogen-bond donors (Lipinski definition) is 0. The van der Waals surface area contributed by atoms with E-state index in [0.717, 1.165) is 10.6 Å². The molecular weight excluding hydrogens is 246 g/mol. The summed E-state index contributed by atoms with van der Waals surface area (Å²) >= 11 is 1.46. The number of carbonyl (C=O) groups is 1. The van der Waals surface area contributed by atoms with Crippen molar-refractivity contribution in [1.82, 2.24) is 4.98 Å². The molecule has 0 amide bonds. The van der Waals surface area contributed by atoms with Crippen molar-refractivity contribution in [3.63, 3.8) is 0 Å². The monoisotopic (exact) mass is 261 g/mol. The normalized spacial score (nSPS) is 10.4. The average molecular weight is 261 g/mol. The van der Waals surface area contributed by atoms with Crippen LogP contribution in [0.2, 0.25) is 0 Å². The molecule has 1 aromatic heterocycles. The lowest BCUT2D eigenvalue weighted by Gasteiger charge is -2.07. The maximum absolute atomic E-state index is 11.4. The number of aromatic nitrogens is 1. The Labute approximate surface area is 110 Å². The van der Waals surface area contributed by atoms with Crippen LogP contribution in [-0.4, -0.2) is 18.1 Å². The van der Waals surface area contributed by atoms with Crippen LogP contribution in [0.4, 0.5) is 0 Å². The number of carbonyl (C=O) groups excluding carboxylic acids is 1. The van der Waals surface area contributed by atoms with Crippen LogP contribution >= 0.6 is 11.3 Å². The second-order valence-electron chi connectivity index (χ2n) is 4.28. The third kappa shape index (κ3) is 2.29. The summed E-state index contributed by atoms with van der Waals surface area (Å²) in [7, 11) is 1.36. The van der Waals surface area contributed by atoms with E-state index < -0.39 is 0 Å². The Morgan fingerprint density at radius 3 is 2.50 bits per heavy atom. The number of esters is 1. The van der Waals surface area contributed by atoms with Gasteiger partial charge in [-0.05, 0) is 43.5 Å². The first-order chi connectivity index (χ1) is 8.52. The highest BCUT2D eigenvalue weighted by Gasteiger charge is 2.13. The quantitative estimate of drug-likeness (QED) is 0.776. The van der Waals surface area contributed by atoms with Gasteiger partial charge < -0.3 is 4.74 Å². The summed E-state index contributed by atoms with van der Waals surface area (Å²) < 4.78 is 4.66. The van der Waals surface area contributed by atoms with Gasteiger partial charge in [-0.1, -0.05) is 6.07 Å². The molecule has 0 atom stereocenters. The molecule has 1 heterocycles. The van der Waals surface area contributed by atoms with Gasteiger partial charge in [0.05, 0.1) is 7.11 Å². The van der Waals surface area contributed by atoms with E-state index in [1.54, 1.807) is 5.38 Å². The number of thiazole rings is 1. The Bertz CT molecular complexity index is 602. The number of rotatable bonds is 2. The first-order valence-electron chi connectivity index (χ1n) is 5.65. The summed E-state index contributed by atoms with van der Waals surface area (Å²) in [4.78, 5) is 15.7. The van der Waals surface area contributed by atoms with Crippen molar-refractivity contribution in [3.05, 3.63) is 39.9 Å². The molecule has 0 unspecified atom stereocenters. The average Bonchev–Trinajstić information content (AvgIpc) is 2.82. The van der Waals surface area contributed by atoms with Gasteiger partial charge in [0.15, 0.2) is 5.69 Å². The van der Waals surface area contributed by atoms with Crippen molar-refractivity contribution < 1.29 is 9.53 Å². The molecule has 0 radical (unpaired) electrons. The smallest absolute Gasteiger partial charge is 0.357 e. The van der Waals surface area contributed by atoms with Gasteiger partial charge in [-0.3, -0.25) is 0 Å². The number of nitrogens with zero attached hydrogens (tertiary/aromatic N) is 1. The van der Waals surface area contributed by atoms with Crippen LogP contribution in [0.15, 0.2) is 17.5 Å². The minimum atomic E-state index is -0.390. The standard InChI is InChI=1S/C14H15NO2S/c1-8-5-10(3)11(6-9(8)2)13-15-12(7-18-13)14(16)17-4/h5-7H,1-4H3. The van der Waals surface area contributed by atoms with Crippen molar-refractivity contribution in [2.75, 3.05) is 7.11 Å². The van der Waals surface area contributed by atoms with E-state index in [0.29, 0.717) is 5.69 Å². The van der Waals surface area contributed by atoms with E-state index in [1.807, 2.05) is 0 Å². The Morgan fingerprint density at radius 1 is 1.17 bits per heavy atom. The molecule has 3 nitrogen and oxygen atoms in total. The lowest BCUT2D eigenvalue weighted by Crippen LogP contribution is -2.01. The van der Waals surface area contributed by atoms with Crippen molar-refractivity contribution in [3.8, 4) is 10.6 Å². The number of aryl methyl sites for hydroxylation is 3. The summed E-state index contributed by atoms with van der Waals surface area (Å²) in [6.45, 7) is 6.22. The van der Waals surface area contributed by atoms with Gasteiger partial charge in [0, 0.05) is 10.9 Å². The zero-order chi connectivity index (χ0) is 13.3. The number of ether oxygens (including phenoxy) is 1. The molecule has 4 heteroatoms. The Kier molecular flexibility index (Phi) is 3.48. The number of benzene rings is 1. The van der Waals surface area contributed by atoms with Crippen molar-refractivity contribution in [2.24, 2.45) is 0 Å². The highest BCUT2D eigenvalue weighted by molar-refractivity contribution is 7.13. The molecule has 0 N–H and O–H groups in total. The second-order valence-corrected chi connectivity index (χ2v) is 5.14. The van der Waals surface area contributed by atoms with Crippen molar-refractivity contribution in [1.29, 1.82) is 0 Å². The number of hydrogen-bond acceptors (Lipinski definition) is 4. The van der Waals surface area contributed by atoms with E-state index in [-0.39, 0.29) is 5.97 Å². The summed E-state index contributed by atoms with van der Waals surface area (Å²) in [6.07, 6.45) is 0. The summed E-state index contributed by atoms with van der Waals surface area (Å²) in [5.74, 6) is -0.390. The Hall–Kier alpha value is -1.68. The van der Waals surface area contributed by atoms with E-state index in [1.165, 1.54) is 35.1 Å². The molecule has 0 saturated carbocycles. The van der Waals surface area contributed by atoms with Crippen LogP contribution in [0, 0.1) is 20.8 Å². The third-order valence-electron chi connectivity index (χ3n) is 2.97. The molecule has 94 valence electrons. The highest BCUT2D eigenvalue weighted by Crippen LogP contribution is 2.29. The van der Waals surface area contributed by atoms with Crippen molar-refractivity contribution in [2.45, 2.75) is 20.8 Å². The van der Waals surface area contributed by atoms with E-state index in [2.05, 4.69) is 42.6 Å². The van der Waals surface area contributed by atoms with Gasteiger partial charge >= 0.3 is 5.97 Å². The molecule has 0 saturated heterocycles. The van der Waals surface area contributed by atoms with E-state index in [4.69, 9.17) is 0 Å². The van der Waals surface area contributed by atoms with E-state index in [9.17, 15) is 4.79 Å². The third-order valence-corrected chi connectivity index (χ3v) is 3.85. The van der Waals surface area contributed by atoms with Gasteiger partial charge in [0.2, 0.25) is 0 Å². The van der Waals surface area contributed by atoms with E-state index >= 15 is 0 Å². The topological polar surface area (TPSA) is 39.2 Å². The molecule has 0 aliphatic carbocycles. The molecule has 1 aromatic carbocycles. The zero-order valence-electron chi connectivity index (χ0n) is 10.9. The first kappa shape index (κ1) is 12.8. The minimum absolute atomic E-state index is 0.370. The predicted molar refractivity (Wildman–Crippen MR) is 73.1 cm³/mol. The van der Waals surface area contributed by atoms with Crippen LogP contribution in [0.1, 0.15) is 27.2 Å². The lowest BCUT2D eigenvalue weighted by atomic mass is 10.0. The molecule has 0 bridgehead atoms. The molecule has 0 aliphatic heterocycles. The van der Waals surface area contributed by atoms with Crippen LogP contribution < -0.4 is 0 Å². The van der Waals surface area contributed by atoms with Gasteiger partial charge in [0.25, 0.3) is 0 Å². The largest absolute Gasteiger partial charge is 0.464 e. The van der Waals surface area contributed by atoms with Crippen LogP contribution in [-0.2, 0) is 4.74 Å².